The Bertz CT molecular complexity index is 846. The number of hydrogen-bond donors (Lipinski definition) is 1. The molecule has 1 aliphatic heterocycles. The van der Waals surface area contributed by atoms with E-state index in [4.69, 9.17) is 0 Å². The van der Waals surface area contributed by atoms with E-state index in [0.29, 0.717) is 24.0 Å². The third-order valence-electron chi connectivity index (χ3n) is 5.30. The molecule has 2 amide bonds. The highest BCUT2D eigenvalue weighted by atomic mass is 32.2. The van der Waals surface area contributed by atoms with Crippen LogP contribution in [0.5, 0.6) is 0 Å². The lowest BCUT2D eigenvalue weighted by Crippen LogP contribution is -2.50. The maximum Gasteiger partial charge on any atom is 0.243 e. The van der Waals surface area contributed by atoms with Crippen molar-refractivity contribution >= 4 is 21.8 Å². The van der Waals surface area contributed by atoms with Gasteiger partial charge < -0.3 is 10.2 Å². The summed E-state index contributed by atoms with van der Waals surface area (Å²) < 4.78 is 27.7. The molecule has 8 heteroatoms. The Labute approximate surface area is 167 Å². The summed E-state index contributed by atoms with van der Waals surface area (Å²) in [5, 5.41) is 2.87. The number of nitrogens with one attached hydrogen (secondary N) is 1. The first-order valence-electron chi connectivity index (χ1n) is 9.83. The predicted molar refractivity (Wildman–Crippen MR) is 106 cm³/mol. The van der Waals surface area contributed by atoms with E-state index in [-0.39, 0.29) is 37.7 Å². The second-order valence-electron chi connectivity index (χ2n) is 7.85. The molecule has 1 N–H and O–H groups in total. The van der Waals surface area contributed by atoms with E-state index >= 15 is 0 Å². The van der Waals surface area contributed by atoms with Crippen molar-refractivity contribution in [1.82, 2.24) is 14.5 Å². The molecule has 0 atom stereocenters. The van der Waals surface area contributed by atoms with Gasteiger partial charge in [-0.25, -0.2) is 8.42 Å². The zero-order chi connectivity index (χ0) is 20.5. The monoisotopic (exact) mass is 407 g/mol. The molecular formula is C20H29N3O4S. The molecule has 3 rings (SSSR count). The molecule has 1 aromatic rings. The Kier molecular flexibility index (Phi) is 6.09. The molecule has 0 spiro atoms. The minimum absolute atomic E-state index is 0.0811. The average Bonchev–Trinajstić information content (AvgIpc) is 3.42. The lowest BCUT2D eigenvalue weighted by atomic mass is 10.1. The fraction of sp³-hybridized carbons (Fsp3) is 0.600. The molecule has 154 valence electrons. The second-order valence-corrected chi connectivity index (χ2v) is 9.73. The maximum atomic E-state index is 13.1. The van der Waals surface area contributed by atoms with Crippen LogP contribution < -0.4 is 5.32 Å². The highest BCUT2D eigenvalue weighted by molar-refractivity contribution is 7.89. The van der Waals surface area contributed by atoms with Crippen molar-refractivity contribution in [2.75, 3.05) is 26.2 Å². The van der Waals surface area contributed by atoms with E-state index in [1.165, 1.54) is 4.31 Å². The highest BCUT2D eigenvalue weighted by Gasteiger charge is 2.32. The number of nitrogens with zero attached hydrogens (tertiary/aromatic N) is 2. The molecule has 0 aromatic heterocycles. The Balaban J connectivity index is 1.57. The summed E-state index contributed by atoms with van der Waals surface area (Å²) in [7, 11) is -3.59. The van der Waals surface area contributed by atoms with Crippen LogP contribution in [-0.4, -0.2) is 61.7 Å². The largest absolute Gasteiger partial charge is 0.353 e. The average molecular weight is 408 g/mol. The topological polar surface area (TPSA) is 86.8 Å². The Hall–Kier alpha value is -1.93. The number of piperazine rings is 1. The van der Waals surface area contributed by atoms with Crippen molar-refractivity contribution < 1.29 is 18.0 Å². The number of sulfonamides is 1. The summed E-state index contributed by atoms with van der Waals surface area (Å²) in [6.45, 7) is 6.84. The number of aryl methyl sites for hydroxylation is 3. The molecule has 1 aromatic carbocycles. The van der Waals surface area contributed by atoms with E-state index < -0.39 is 10.0 Å². The first-order chi connectivity index (χ1) is 13.2. The minimum atomic E-state index is -3.59. The summed E-state index contributed by atoms with van der Waals surface area (Å²) in [6.07, 6.45) is 2.41. The molecule has 1 aliphatic carbocycles. The standard InChI is InChI=1S/C20H29N3O4S/c1-14-12-15(2)20(16(3)13-14)28(26,27)23-10-8-22(9-11-23)19(25)7-6-18(24)21-17-4-5-17/h12-13,17H,4-11H2,1-3H3,(H,21,24). The van der Waals surface area contributed by atoms with Gasteiger partial charge in [0.1, 0.15) is 0 Å². The third kappa shape index (κ3) is 4.72. The quantitative estimate of drug-likeness (QED) is 0.774. The molecule has 28 heavy (non-hydrogen) atoms. The van der Waals surface area contributed by atoms with Crippen LogP contribution in [0.2, 0.25) is 0 Å². The molecule has 2 fully saturated rings. The molecule has 0 bridgehead atoms. The van der Waals surface area contributed by atoms with Gasteiger partial charge >= 0.3 is 0 Å². The zero-order valence-corrected chi connectivity index (χ0v) is 17.6. The Morgan fingerprint density at radius 2 is 1.57 bits per heavy atom. The molecule has 1 heterocycles. The first kappa shape index (κ1) is 20.8. The smallest absolute Gasteiger partial charge is 0.243 e. The summed E-state index contributed by atoms with van der Waals surface area (Å²) in [6, 6.07) is 4.06. The van der Waals surface area contributed by atoms with Crippen molar-refractivity contribution in [3.63, 3.8) is 0 Å². The van der Waals surface area contributed by atoms with Gasteiger partial charge in [0, 0.05) is 45.1 Å². The van der Waals surface area contributed by atoms with E-state index in [9.17, 15) is 18.0 Å². The van der Waals surface area contributed by atoms with Crippen LogP contribution in [0.3, 0.4) is 0 Å². The van der Waals surface area contributed by atoms with E-state index in [1.54, 1.807) is 4.90 Å². The summed E-state index contributed by atoms with van der Waals surface area (Å²) in [5.74, 6) is -0.173. The van der Waals surface area contributed by atoms with Crippen LogP contribution in [0.4, 0.5) is 0 Å². The van der Waals surface area contributed by atoms with Crippen LogP contribution in [0.15, 0.2) is 17.0 Å². The predicted octanol–water partition coefficient (Wildman–Crippen LogP) is 1.50. The van der Waals surface area contributed by atoms with Gasteiger partial charge in [-0.1, -0.05) is 17.7 Å². The van der Waals surface area contributed by atoms with Gasteiger partial charge in [0.05, 0.1) is 4.90 Å². The molecule has 2 aliphatic rings. The number of rotatable bonds is 6. The first-order valence-corrected chi connectivity index (χ1v) is 11.3. The van der Waals surface area contributed by atoms with Crippen molar-refractivity contribution in [3.05, 3.63) is 28.8 Å². The highest BCUT2D eigenvalue weighted by Crippen LogP contribution is 2.26. The molecular weight excluding hydrogens is 378 g/mol. The van der Waals surface area contributed by atoms with Crippen molar-refractivity contribution in [3.8, 4) is 0 Å². The van der Waals surface area contributed by atoms with Gasteiger partial charge in [0.15, 0.2) is 0 Å². The summed E-state index contributed by atoms with van der Waals surface area (Å²) >= 11 is 0. The Morgan fingerprint density at radius 1 is 1.00 bits per heavy atom. The van der Waals surface area contributed by atoms with E-state index in [1.807, 2.05) is 32.9 Å². The SMILES string of the molecule is Cc1cc(C)c(S(=O)(=O)N2CCN(C(=O)CCC(=O)NC3CC3)CC2)c(C)c1. The van der Waals surface area contributed by atoms with Crippen LogP contribution >= 0.6 is 0 Å². The Morgan fingerprint density at radius 3 is 2.11 bits per heavy atom. The van der Waals surface area contributed by atoms with Crippen LogP contribution in [0.1, 0.15) is 42.4 Å². The number of carbonyl (C=O) groups excluding carboxylic acids is 2. The number of amides is 2. The number of benzene rings is 1. The van der Waals surface area contributed by atoms with Crippen molar-refractivity contribution in [2.24, 2.45) is 0 Å². The summed E-state index contributed by atoms with van der Waals surface area (Å²) in [4.78, 5) is 26.1. The van der Waals surface area contributed by atoms with Gasteiger partial charge in [0.2, 0.25) is 21.8 Å². The van der Waals surface area contributed by atoms with Crippen molar-refractivity contribution in [2.45, 2.75) is 57.4 Å². The van der Waals surface area contributed by atoms with Crippen LogP contribution in [0.25, 0.3) is 0 Å². The summed E-state index contributed by atoms with van der Waals surface area (Å²) in [5.41, 5.74) is 2.53. The van der Waals surface area contributed by atoms with Gasteiger partial charge in [-0.15, -0.1) is 0 Å². The number of carbonyl (C=O) groups is 2. The van der Waals surface area contributed by atoms with Gasteiger partial charge in [-0.2, -0.15) is 4.31 Å². The lowest BCUT2D eigenvalue weighted by Gasteiger charge is -2.34. The zero-order valence-electron chi connectivity index (χ0n) is 16.8. The third-order valence-corrected chi connectivity index (χ3v) is 7.51. The van der Waals surface area contributed by atoms with Gasteiger partial charge in [-0.3, -0.25) is 9.59 Å². The number of hydrogen-bond acceptors (Lipinski definition) is 4. The minimum Gasteiger partial charge on any atom is -0.353 e. The maximum absolute atomic E-state index is 13.1. The molecule has 1 saturated heterocycles. The van der Waals surface area contributed by atoms with E-state index in [2.05, 4.69) is 5.32 Å². The molecule has 1 saturated carbocycles. The van der Waals surface area contributed by atoms with Gasteiger partial charge in [-0.05, 0) is 44.7 Å². The normalized spacial score (nSPS) is 18.2. The molecule has 0 unspecified atom stereocenters. The van der Waals surface area contributed by atoms with Gasteiger partial charge in [0.25, 0.3) is 0 Å². The van der Waals surface area contributed by atoms with E-state index in [0.717, 1.165) is 29.5 Å². The fourth-order valence-corrected chi connectivity index (χ4v) is 5.62. The molecule has 0 radical (unpaired) electrons. The van der Waals surface area contributed by atoms with Crippen LogP contribution in [-0.2, 0) is 19.6 Å². The van der Waals surface area contributed by atoms with Crippen molar-refractivity contribution in [1.29, 1.82) is 0 Å². The molecule has 7 nitrogen and oxygen atoms in total. The fourth-order valence-electron chi connectivity index (χ4n) is 3.79. The van der Waals surface area contributed by atoms with Crippen LogP contribution in [0, 0.1) is 20.8 Å². The lowest BCUT2D eigenvalue weighted by molar-refractivity contribution is -0.134. The second kappa shape index (κ2) is 8.21.